The number of aryl methyl sites for hydroxylation is 1. The summed E-state index contributed by atoms with van der Waals surface area (Å²) in [6.45, 7) is 2.06. The van der Waals surface area contributed by atoms with Crippen molar-refractivity contribution < 1.29 is 14.3 Å². The zero-order valence-corrected chi connectivity index (χ0v) is 18.9. The monoisotopic (exact) mass is 445 g/mol. The third-order valence-corrected chi connectivity index (χ3v) is 5.99. The van der Waals surface area contributed by atoms with Gasteiger partial charge in [-0.15, -0.1) is 10.2 Å². The fourth-order valence-electron chi connectivity index (χ4n) is 3.27. The molecule has 3 aromatic carbocycles. The van der Waals surface area contributed by atoms with E-state index in [0.29, 0.717) is 11.3 Å². The van der Waals surface area contributed by atoms with Crippen LogP contribution in [-0.4, -0.2) is 35.0 Å². The summed E-state index contributed by atoms with van der Waals surface area (Å²) in [4.78, 5) is 11.8. The maximum absolute atomic E-state index is 11.8. The normalized spacial score (nSPS) is 10.7. The van der Waals surface area contributed by atoms with Crippen molar-refractivity contribution in [1.29, 1.82) is 0 Å². The molecule has 6 nitrogen and oxygen atoms in total. The largest absolute Gasteiger partial charge is 0.497 e. The van der Waals surface area contributed by atoms with Gasteiger partial charge in [0.25, 0.3) is 0 Å². The van der Waals surface area contributed by atoms with Crippen LogP contribution in [0.25, 0.3) is 17.1 Å². The lowest BCUT2D eigenvalue weighted by atomic mass is 10.1. The van der Waals surface area contributed by atoms with Gasteiger partial charge in [-0.2, -0.15) is 0 Å². The summed E-state index contributed by atoms with van der Waals surface area (Å²) in [5.41, 5.74) is 4.64. The molecule has 0 saturated carbocycles. The first-order valence-electron chi connectivity index (χ1n) is 10.1. The third kappa shape index (κ3) is 4.68. The van der Waals surface area contributed by atoms with Gasteiger partial charge in [-0.05, 0) is 61.0 Å². The van der Waals surface area contributed by atoms with E-state index in [9.17, 15) is 4.79 Å². The third-order valence-electron chi connectivity index (χ3n) is 4.99. The van der Waals surface area contributed by atoms with Crippen molar-refractivity contribution in [2.45, 2.75) is 17.8 Å². The molecule has 1 heterocycles. The second-order valence-corrected chi connectivity index (χ2v) is 8.13. The number of hydrogen-bond donors (Lipinski definition) is 0. The summed E-state index contributed by atoms with van der Waals surface area (Å²) in [6, 6.07) is 23.5. The molecule has 0 aliphatic rings. The summed E-state index contributed by atoms with van der Waals surface area (Å²) in [6.07, 6.45) is 0. The molecule has 0 aliphatic heterocycles. The van der Waals surface area contributed by atoms with E-state index in [2.05, 4.69) is 46.0 Å². The second kappa shape index (κ2) is 9.70. The van der Waals surface area contributed by atoms with Crippen molar-refractivity contribution in [3.63, 3.8) is 0 Å². The number of carbonyl (C=O) groups excluding carboxylic acids is 1. The van der Waals surface area contributed by atoms with E-state index in [4.69, 9.17) is 9.47 Å². The van der Waals surface area contributed by atoms with Crippen LogP contribution in [-0.2, 0) is 10.5 Å². The summed E-state index contributed by atoms with van der Waals surface area (Å²) < 4.78 is 12.2. The van der Waals surface area contributed by atoms with Crippen molar-refractivity contribution in [2.75, 3.05) is 14.2 Å². The number of aromatic nitrogens is 3. The highest BCUT2D eigenvalue weighted by molar-refractivity contribution is 7.98. The maximum atomic E-state index is 11.8. The number of hydrogen-bond acceptors (Lipinski definition) is 6. The molecule has 7 heteroatoms. The number of nitrogens with zero attached hydrogens (tertiary/aromatic N) is 3. The Bertz CT molecular complexity index is 1220. The van der Waals surface area contributed by atoms with Crippen molar-refractivity contribution in [3.05, 3.63) is 89.5 Å². The molecule has 4 rings (SSSR count). The maximum Gasteiger partial charge on any atom is 0.337 e. The molecule has 0 spiro atoms. The number of esters is 1. The van der Waals surface area contributed by atoms with Gasteiger partial charge in [0.1, 0.15) is 5.75 Å². The molecule has 0 amide bonds. The standard InChI is InChI=1S/C25H23N3O3S/c1-17-7-11-21(12-8-17)28-23(19-9-13-22(30-2)14-10-19)26-27-25(28)32-16-18-5-4-6-20(15-18)24(29)31-3/h4-15H,16H2,1-3H3. The van der Waals surface area contributed by atoms with Crippen LogP contribution < -0.4 is 4.74 Å². The van der Waals surface area contributed by atoms with E-state index in [-0.39, 0.29) is 5.97 Å². The number of carbonyl (C=O) groups is 1. The summed E-state index contributed by atoms with van der Waals surface area (Å²) >= 11 is 1.56. The molecule has 0 N–H and O–H groups in total. The fraction of sp³-hybridized carbons (Fsp3) is 0.160. The SMILES string of the molecule is COC(=O)c1cccc(CSc2nnc(-c3ccc(OC)cc3)n2-c2ccc(C)cc2)c1. The number of rotatable bonds is 7. The lowest BCUT2D eigenvalue weighted by Crippen LogP contribution is -2.02. The van der Waals surface area contributed by atoms with Crippen molar-refractivity contribution >= 4 is 17.7 Å². The minimum Gasteiger partial charge on any atom is -0.497 e. The molecule has 0 bridgehead atoms. The van der Waals surface area contributed by atoms with Gasteiger partial charge in [0.05, 0.1) is 19.8 Å². The zero-order valence-electron chi connectivity index (χ0n) is 18.1. The molecule has 4 aromatic rings. The highest BCUT2D eigenvalue weighted by Gasteiger charge is 2.17. The summed E-state index contributed by atoms with van der Waals surface area (Å²) in [7, 11) is 3.03. The molecule has 0 aliphatic carbocycles. The summed E-state index contributed by atoms with van der Waals surface area (Å²) in [5, 5.41) is 9.73. The predicted octanol–water partition coefficient (Wildman–Crippen LogP) is 5.33. The Morgan fingerprint density at radius 1 is 0.969 bits per heavy atom. The Kier molecular flexibility index (Phi) is 6.56. The molecule has 1 aromatic heterocycles. The quantitative estimate of drug-likeness (QED) is 0.283. The number of ether oxygens (including phenoxy) is 2. The molecular weight excluding hydrogens is 422 g/mol. The van der Waals surface area contributed by atoms with Gasteiger partial charge in [-0.1, -0.05) is 41.6 Å². The van der Waals surface area contributed by atoms with Crippen LogP contribution in [0.3, 0.4) is 0 Å². The molecule has 0 saturated heterocycles. The van der Waals surface area contributed by atoms with Crippen molar-refractivity contribution in [3.8, 4) is 22.8 Å². The van der Waals surface area contributed by atoms with Crippen LogP contribution in [0, 0.1) is 6.92 Å². The van der Waals surface area contributed by atoms with Crippen LogP contribution in [0.4, 0.5) is 0 Å². The van der Waals surface area contributed by atoms with Gasteiger partial charge < -0.3 is 9.47 Å². The van der Waals surface area contributed by atoms with Crippen LogP contribution >= 0.6 is 11.8 Å². The van der Waals surface area contributed by atoms with E-state index in [1.165, 1.54) is 12.7 Å². The van der Waals surface area contributed by atoms with Gasteiger partial charge in [0, 0.05) is 17.0 Å². The fourth-order valence-corrected chi connectivity index (χ4v) is 4.17. The molecular formula is C25H23N3O3S. The lowest BCUT2D eigenvalue weighted by molar-refractivity contribution is 0.0600. The van der Waals surface area contributed by atoms with Crippen molar-refractivity contribution in [1.82, 2.24) is 14.8 Å². The zero-order chi connectivity index (χ0) is 22.5. The van der Waals surface area contributed by atoms with Crippen LogP contribution in [0.5, 0.6) is 5.75 Å². The van der Waals surface area contributed by atoms with Gasteiger partial charge in [-0.25, -0.2) is 4.79 Å². The van der Waals surface area contributed by atoms with E-state index in [0.717, 1.165) is 33.5 Å². The van der Waals surface area contributed by atoms with Gasteiger partial charge in [-0.3, -0.25) is 4.57 Å². The molecule has 0 fully saturated rings. The minimum atomic E-state index is -0.346. The van der Waals surface area contributed by atoms with E-state index < -0.39 is 0 Å². The van der Waals surface area contributed by atoms with Gasteiger partial charge in [0.2, 0.25) is 0 Å². The molecule has 0 atom stereocenters. The Labute approximate surface area is 191 Å². The highest BCUT2D eigenvalue weighted by Crippen LogP contribution is 2.31. The smallest absolute Gasteiger partial charge is 0.337 e. The second-order valence-electron chi connectivity index (χ2n) is 7.19. The number of benzene rings is 3. The Morgan fingerprint density at radius 3 is 2.41 bits per heavy atom. The molecule has 0 radical (unpaired) electrons. The Balaban J connectivity index is 1.68. The number of thioether (sulfide) groups is 1. The van der Waals surface area contributed by atoms with Crippen molar-refractivity contribution in [2.24, 2.45) is 0 Å². The topological polar surface area (TPSA) is 66.2 Å². The van der Waals surface area contributed by atoms with Gasteiger partial charge in [0.15, 0.2) is 11.0 Å². The van der Waals surface area contributed by atoms with Gasteiger partial charge >= 0.3 is 5.97 Å². The van der Waals surface area contributed by atoms with E-state index in [1.54, 1.807) is 24.9 Å². The Hall–Kier alpha value is -3.58. The first-order chi connectivity index (χ1) is 15.6. The minimum absolute atomic E-state index is 0.346. The van der Waals surface area contributed by atoms with E-state index >= 15 is 0 Å². The first kappa shape index (κ1) is 21.6. The number of methoxy groups -OCH3 is 2. The summed E-state index contributed by atoms with van der Waals surface area (Å²) in [5.74, 6) is 1.83. The first-order valence-corrected chi connectivity index (χ1v) is 11.0. The molecule has 32 heavy (non-hydrogen) atoms. The Morgan fingerprint density at radius 2 is 1.72 bits per heavy atom. The van der Waals surface area contributed by atoms with E-state index in [1.807, 2.05) is 42.5 Å². The van der Waals surface area contributed by atoms with Crippen LogP contribution in [0.15, 0.2) is 78.0 Å². The average molecular weight is 446 g/mol. The highest BCUT2D eigenvalue weighted by atomic mass is 32.2. The van der Waals surface area contributed by atoms with Crippen LogP contribution in [0.1, 0.15) is 21.5 Å². The molecule has 162 valence electrons. The predicted molar refractivity (Wildman–Crippen MR) is 125 cm³/mol. The van der Waals surface area contributed by atoms with Crippen LogP contribution in [0.2, 0.25) is 0 Å². The molecule has 0 unspecified atom stereocenters. The lowest BCUT2D eigenvalue weighted by Gasteiger charge is -2.11. The average Bonchev–Trinajstić information content (AvgIpc) is 3.27.